The van der Waals surface area contributed by atoms with Crippen molar-refractivity contribution in [2.75, 3.05) is 0 Å². The predicted octanol–water partition coefficient (Wildman–Crippen LogP) is 4.55. The molecule has 0 saturated carbocycles. The largest absolute Gasteiger partial charge is 0.295 e. The Bertz CT molecular complexity index is 440. The summed E-state index contributed by atoms with van der Waals surface area (Å²) in [6, 6.07) is 0. The van der Waals surface area contributed by atoms with Crippen LogP contribution in [0.4, 0.5) is 0 Å². The molecule has 0 aromatic carbocycles. The van der Waals surface area contributed by atoms with Crippen LogP contribution < -0.4 is 0 Å². The van der Waals surface area contributed by atoms with Crippen LogP contribution in [0.15, 0.2) is 34.4 Å². The average molecular weight is 295 g/mol. The molecule has 0 fully saturated rings. The highest BCUT2D eigenvalue weighted by atomic mass is 79.9. The van der Waals surface area contributed by atoms with Crippen LogP contribution >= 0.6 is 15.9 Å². The molecule has 2 rings (SSSR count). The molecule has 0 amide bonds. The van der Waals surface area contributed by atoms with E-state index in [0.29, 0.717) is 6.42 Å². The fourth-order valence-electron chi connectivity index (χ4n) is 3.29. The second kappa shape index (κ2) is 4.24. The van der Waals surface area contributed by atoms with Crippen LogP contribution in [0.3, 0.4) is 0 Å². The van der Waals surface area contributed by atoms with Crippen LogP contribution in [0.25, 0.3) is 0 Å². The summed E-state index contributed by atoms with van der Waals surface area (Å²) in [4.78, 5) is 13.7. The first-order valence-corrected chi connectivity index (χ1v) is 7.03. The van der Waals surface area contributed by atoms with Gasteiger partial charge in [-0.05, 0) is 41.8 Å². The molecule has 0 aromatic heterocycles. The van der Waals surface area contributed by atoms with E-state index in [2.05, 4.69) is 48.9 Å². The SMILES string of the molecule is CC1=CC(=O)CC(C)(C)[C@@]12C=CC(=CBr)CC2. The number of carbonyl (C=O) groups excluding carboxylic acids is 1. The summed E-state index contributed by atoms with van der Waals surface area (Å²) in [5, 5.41) is 0. The zero-order valence-corrected chi connectivity index (χ0v) is 12.3. The van der Waals surface area contributed by atoms with Gasteiger partial charge in [0.2, 0.25) is 0 Å². The third kappa shape index (κ3) is 1.97. The van der Waals surface area contributed by atoms with Crippen molar-refractivity contribution in [3.63, 3.8) is 0 Å². The van der Waals surface area contributed by atoms with E-state index in [1.807, 2.05) is 11.1 Å². The normalized spacial score (nSPS) is 34.2. The van der Waals surface area contributed by atoms with E-state index in [4.69, 9.17) is 0 Å². The molecule has 2 aliphatic carbocycles. The molecule has 0 N–H and O–H groups in total. The molecule has 0 saturated heterocycles. The minimum Gasteiger partial charge on any atom is -0.295 e. The van der Waals surface area contributed by atoms with E-state index in [9.17, 15) is 4.79 Å². The van der Waals surface area contributed by atoms with E-state index >= 15 is 0 Å². The molecule has 0 radical (unpaired) electrons. The van der Waals surface area contributed by atoms with Gasteiger partial charge in [-0.25, -0.2) is 0 Å². The highest BCUT2D eigenvalue weighted by Crippen LogP contribution is 2.56. The molecule has 1 spiro atoms. The van der Waals surface area contributed by atoms with Crippen LogP contribution in [-0.2, 0) is 4.79 Å². The molecule has 0 heterocycles. The van der Waals surface area contributed by atoms with E-state index in [0.717, 1.165) is 12.8 Å². The van der Waals surface area contributed by atoms with E-state index in [1.54, 1.807) is 0 Å². The lowest BCUT2D eigenvalue weighted by molar-refractivity contribution is -0.118. The summed E-state index contributed by atoms with van der Waals surface area (Å²) in [5.41, 5.74) is 2.65. The van der Waals surface area contributed by atoms with Crippen molar-refractivity contribution in [2.45, 2.75) is 40.0 Å². The molecule has 0 bridgehead atoms. The summed E-state index contributed by atoms with van der Waals surface area (Å²) in [6.45, 7) is 6.54. The molecule has 0 unspecified atom stereocenters. The maximum absolute atomic E-state index is 11.7. The van der Waals surface area contributed by atoms with Crippen molar-refractivity contribution in [1.82, 2.24) is 0 Å². The second-order valence-electron chi connectivity index (χ2n) is 5.84. The molecule has 2 heteroatoms. The topological polar surface area (TPSA) is 17.1 Å². The van der Waals surface area contributed by atoms with Crippen molar-refractivity contribution in [1.29, 1.82) is 0 Å². The summed E-state index contributed by atoms with van der Waals surface area (Å²) < 4.78 is 0. The highest BCUT2D eigenvalue weighted by molar-refractivity contribution is 9.11. The van der Waals surface area contributed by atoms with Crippen molar-refractivity contribution in [3.8, 4) is 0 Å². The van der Waals surface area contributed by atoms with Crippen molar-refractivity contribution >= 4 is 21.7 Å². The Balaban J connectivity index is 2.49. The van der Waals surface area contributed by atoms with Gasteiger partial charge in [0.05, 0.1) is 0 Å². The molecule has 1 nitrogen and oxygen atoms in total. The molecule has 17 heavy (non-hydrogen) atoms. The lowest BCUT2D eigenvalue weighted by atomic mass is 9.54. The molecule has 2 aliphatic rings. The molecular weight excluding hydrogens is 276 g/mol. The third-order valence-electron chi connectivity index (χ3n) is 4.44. The molecule has 0 aromatic rings. The highest BCUT2D eigenvalue weighted by Gasteiger charge is 2.48. The molecule has 0 aliphatic heterocycles. The number of halogens is 1. The first-order valence-electron chi connectivity index (χ1n) is 6.11. The van der Waals surface area contributed by atoms with Crippen LogP contribution in [-0.4, -0.2) is 5.78 Å². The molecule has 92 valence electrons. The summed E-state index contributed by atoms with van der Waals surface area (Å²) in [5.74, 6) is 0.272. The van der Waals surface area contributed by atoms with Crippen molar-refractivity contribution in [2.24, 2.45) is 10.8 Å². The summed E-state index contributed by atoms with van der Waals surface area (Å²) in [6.07, 6.45) is 9.18. The number of ketones is 1. The smallest absolute Gasteiger partial charge is 0.156 e. The predicted molar refractivity (Wildman–Crippen MR) is 75.0 cm³/mol. The van der Waals surface area contributed by atoms with E-state index in [-0.39, 0.29) is 16.6 Å². The van der Waals surface area contributed by atoms with Gasteiger partial charge in [0, 0.05) is 11.8 Å². The van der Waals surface area contributed by atoms with E-state index in [1.165, 1.54) is 11.1 Å². The Kier molecular flexibility index (Phi) is 3.19. The van der Waals surface area contributed by atoms with Gasteiger partial charge < -0.3 is 0 Å². The fourth-order valence-corrected chi connectivity index (χ4v) is 3.67. The number of rotatable bonds is 0. The standard InChI is InChI=1S/C15H19BrO/c1-11-8-13(17)9-14(2,3)15(11)6-4-12(10-16)5-7-15/h4,6,8,10H,5,7,9H2,1-3H3/t15-/m1/s1. The van der Waals surface area contributed by atoms with Crippen molar-refractivity contribution in [3.05, 3.63) is 34.4 Å². The van der Waals surface area contributed by atoms with Gasteiger partial charge in [-0.2, -0.15) is 0 Å². The summed E-state index contributed by atoms with van der Waals surface area (Å²) in [7, 11) is 0. The second-order valence-corrected chi connectivity index (χ2v) is 6.30. The number of hydrogen-bond acceptors (Lipinski definition) is 1. The van der Waals surface area contributed by atoms with Crippen LogP contribution in [0.2, 0.25) is 0 Å². The third-order valence-corrected chi connectivity index (χ3v) is 5.02. The first kappa shape index (κ1) is 12.8. The maximum atomic E-state index is 11.7. The van der Waals surface area contributed by atoms with E-state index < -0.39 is 0 Å². The minimum atomic E-state index is 0.0251. The van der Waals surface area contributed by atoms with Crippen molar-refractivity contribution < 1.29 is 4.79 Å². The molecule has 1 atom stereocenters. The minimum absolute atomic E-state index is 0.0251. The Labute approximate surface area is 112 Å². The number of carbonyl (C=O) groups is 1. The van der Waals surface area contributed by atoms with Crippen LogP contribution in [0.1, 0.15) is 40.0 Å². The van der Waals surface area contributed by atoms with Gasteiger partial charge in [0.15, 0.2) is 5.78 Å². The Morgan fingerprint density at radius 2 is 2.12 bits per heavy atom. The van der Waals surface area contributed by atoms with Gasteiger partial charge in [-0.1, -0.05) is 47.5 Å². The fraction of sp³-hybridized carbons (Fsp3) is 0.533. The number of hydrogen-bond donors (Lipinski definition) is 0. The summed E-state index contributed by atoms with van der Waals surface area (Å²) >= 11 is 3.39. The van der Waals surface area contributed by atoms with Crippen LogP contribution in [0, 0.1) is 10.8 Å². The Morgan fingerprint density at radius 1 is 1.41 bits per heavy atom. The van der Waals surface area contributed by atoms with Gasteiger partial charge >= 0.3 is 0 Å². The maximum Gasteiger partial charge on any atom is 0.156 e. The van der Waals surface area contributed by atoms with Gasteiger partial charge in [-0.15, -0.1) is 0 Å². The zero-order chi connectivity index (χ0) is 12.7. The lowest BCUT2D eigenvalue weighted by Gasteiger charge is -2.50. The van der Waals surface area contributed by atoms with Gasteiger partial charge in [0.25, 0.3) is 0 Å². The Morgan fingerprint density at radius 3 is 2.59 bits per heavy atom. The monoisotopic (exact) mass is 294 g/mol. The zero-order valence-electron chi connectivity index (χ0n) is 10.7. The quantitative estimate of drug-likeness (QED) is 0.641. The number of allylic oxidation sites excluding steroid dienone is 5. The van der Waals surface area contributed by atoms with Crippen LogP contribution in [0.5, 0.6) is 0 Å². The van der Waals surface area contributed by atoms with Gasteiger partial charge in [0.1, 0.15) is 0 Å². The Hall–Kier alpha value is -0.630. The average Bonchev–Trinajstić information content (AvgIpc) is 2.26. The first-order chi connectivity index (χ1) is 7.91. The van der Waals surface area contributed by atoms with Gasteiger partial charge in [-0.3, -0.25) is 4.79 Å². The lowest BCUT2D eigenvalue weighted by Crippen LogP contribution is -2.43. The molecular formula is C15H19BrO.